The zero-order valence-electron chi connectivity index (χ0n) is 15.5. The third-order valence-electron chi connectivity index (χ3n) is 4.51. The van der Waals surface area contributed by atoms with E-state index in [9.17, 15) is 9.59 Å². The summed E-state index contributed by atoms with van der Waals surface area (Å²) in [5.41, 5.74) is 0.950. The van der Waals surface area contributed by atoms with Crippen LogP contribution in [-0.4, -0.2) is 49.6 Å². The molecule has 6 nitrogen and oxygen atoms in total. The molecule has 0 aromatic heterocycles. The fourth-order valence-electron chi connectivity index (χ4n) is 3.02. The van der Waals surface area contributed by atoms with Crippen LogP contribution in [0.3, 0.4) is 0 Å². The van der Waals surface area contributed by atoms with E-state index in [-0.39, 0.29) is 12.5 Å². The Balaban J connectivity index is 1.45. The van der Waals surface area contributed by atoms with Crippen LogP contribution in [0.4, 0.5) is 4.79 Å². The highest BCUT2D eigenvalue weighted by atomic mass is 16.5. The molecule has 26 heavy (non-hydrogen) atoms. The Kier molecular flexibility index (Phi) is 9.57. The highest BCUT2D eigenvalue weighted by Crippen LogP contribution is 2.08. The summed E-state index contributed by atoms with van der Waals surface area (Å²) < 4.78 is 5.12. The third-order valence-corrected chi connectivity index (χ3v) is 4.51. The number of nitrogens with zero attached hydrogens (tertiary/aromatic N) is 1. The second-order valence-electron chi connectivity index (χ2n) is 6.70. The highest BCUT2D eigenvalue weighted by Gasteiger charge is 2.09. The molecule has 144 valence electrons. The van der Waals surface area contributed by atoms with Crippen molar-refractivity contribution in [2.24, 2.45) is 0 Å². The fourth-order valence-corrected chi connectivity index (χ4v) is 3.02. The minimum atomic E-state index is -0.449. The van der Waals surface area contributed by atoms with Crippen molar-refractivity contribution in [2.45, 2.75) is 45.1 Å². The van der Waals surface area contributed by atoms with Crippen LogP contribution >= 0.6 is 0 Å². The smallest absolute Gasteiger partial charge is 0.407 e. The first-order chi connectivity index (χ1) is 12.7. The lowest BCUT2D eigenvalue weighted by Gasteiger charge is -2.19. The normalized spacial score (nSPS) is 15.1. The number of carbonyl (C=O) groups excluding carboxylic acids is 2. The van der Waals surface area contributed by atoms with E-state index in [0.29, 0.717) is 25.9 Å². The molecule has 2 amide bonds. The summed E-state index contributed by atoms with van der Waals surface area (Å²) in [5, 5.41) is 5.63. The first-order valence-corrected chi connectivity index (χ1v) is 9.67. The summed E-state index contributed by atoms with van der Waals surface area (Å²) in [6.07, 6.45) is 5.75. The SMILES string of the molecule is O=C(CCCNC(=O)OCc1ccccc1)NCCN1CCCCCC1. The van der Waals surface area contributed by atoms with Crippen LogP contribution in [0.1, 0.15) is 44.1 Å². The van der Waals surface area contributed by atoms with E-state index in [1.165, 1.54) is 25.7 Å². The number of alkyl carbamates (subject to hydrolysis) is 1. The molecule has 0 aliphatic carbocycles. The van der Waals surface area contributed by atoms with Gasteiger partial charge in [0.05, 0.1) is 0 Å². The Morgan fingerprint density at radius 2 is 1.69 bits per heavy atom. The van der Waals surface area contributed by atoms with Gasteiger partial charge in [0.1, 0.15) is 6.61 Å². The molecule has 0 spiro atoms. The predicted octanol–water partition coefficient (Wildman–Crippen LogP) is 2.69. The zero-order valence-corrected chi connectivity index (χ0v) is 15.5. The Labute approximate surface area is 156 Å². The van der Waals surface area contributed by atoms with Crippen LogP contribution in [0.5, 0.6) is 0 Å². The van der Waals surface area contributed by atoms with Gasteiger partial charge in [0.15, 0.2) is 0 Å². The van der Waals surface area contributed by atoms with E-state index in [1.807, 2.05) is 30.3 Å². The number of benzene rings is 1. The predicted molar refractivity (Wildman–Crippen MR) is 102 cm³/mol. The largest absolute Gasteiger partial charge is 0.445 e. The summed E-state index contributed by atoms with van der Waals surface area (Å²) in [7, 11) is 0. The quantitative estimate of drug-likeness (QED) is 0.664. The number of amides is 2. The van der Waals surface area contributed by atoms with Crippen molar-refractivity contribution in [1.82, 2.24) is 15.5 Å². The molecule has 6 heteroatoms. The van der Waals surface area contributed by atoms with Crippen LogP contribution in [-0.2, 0) is 16.1 Å². The van der Waals surface area contributed by atoms with Crippen molar-refractivity contribution in [3.05, 3.63) is 35.9 Å². The minimum absolute atomic E-state index is 0.0410. The van der Waals surface area contributed by atoms with Crippen molar-refractivity contribution in [2.75, 3.05) is 32.7 Å². The molecule has 0 bridgehead atoms. The molecule has 1 saturated heterocycles. The van der Waals surface area contributed by atoms with Crippen LogP contribution in [0, 0.1) is 0 Å². The maximum Gasteiger partial charge on any atom is 0.407 e. The molecule has 1 heterocycles. The van der Waals surface area contributed by atoms with E-state index >= 15 is 0 Å². The average Bonchev–Trinajstić information content (AvgIpc) is 2.93. The van der Waals surface area contributed by atoms with Gasteiger partial charge in [-0.15, -0.1) is 0 Å². The van der Waals surface area contributed by atoms with Gasteiger partial charge in [-0.25, -0.2) is 4.79 Å². The second kappa shape index (κ2) is 12.3. The Hall–Kier alpha value is -2.08. The maximum absolute atomic E-state index is 11.8. The van der Waals surface area contributed by atoms with E-state index in [1.54, 1.807) is 0 Å². The number of rotatable bonds is 9. The lowest BCUT2D eigenvalue weighted by Crippen LogP contribution is -2.35. The van der Waals surface area contributed by atoms with Gasteiger partial charge < -0.3 is 20.3 Å². The van der Waals surface area contributed by atoms with Gasteiger partial charge in [-0.3, -0.25) is 4.79 Å². The van der Waals surface area contributed by atoms with E-state index < -0.39 is 6.09 Å². The molecule has 1 aliphatic heterocycles. The number of hydrogen-bond donors (Lipinski definition) is 2. The molecular weight excluding hydrogens is 330 g/mol. The molecule has 1 fully saturated rings. The molecule has 2 N–H and O–H groups in total. The second-order valence-corrected chi connectivity index (χ2v) is 6.70. The van der Waals surface area contributed by atoms with Crippen molar-refractivity contribution < 1.29 is 14.3 Å². The van der Waals surface area contributed by atoms with Gasteiger partial charge in [0.25, 0.3) is 0 Å². The molecule has 1 aliphatic rings. The monoisotopic (exact) mass is 361 g/mol. The Morgan fingerprint density at radius 1 is 0.962 bits per heavy atom. The molecule has 2 rings (SSSR count). The number of nitrogens with one attached hydrogen (secondary N) is 2. The Bertz CT molecular complexity index is 528. The summed E-state index contributed by atoms with van der Waals surface area (Å²) >= 11 is 0. The number of hydrogen-bond acceptors (Lipinski definition) is 4. The summed E-state index contributed by atoms with van der Waals surface area (Å²) in [6, 6.07) is 9.54. The van der Waals surface area contributed by atoms with Crippen LogP contribution in [0.25, 0.3) is 0 Å². The number of likely N-dealkylation sites (tertiary alicyclic amines) is 1. The number of ether oxygens (including phenoxy) is 1. The highest BCUT2D eigenvalue weighted by molar-refractivity contribution is 5.75. The van der Waals surface area contributed by atoms with Gasteiger partial charge in [-0.05, 0) is 37.9 Å². The van der Waals surface area contributed by atoms with E-state index in [0.717, 1.165) is 25.2 Å². The summed E-state index contributed by atoms with van der Waals surface area (Å²) in [6.45, 7) is 4.60. The third kappa shape index (κ3) is 8.85. The van der Waals surface area contributed by atoms with E-state index in [2.05, 4.69) is 15.5 Å². The van der Waals surface area contributed by atoms with Crippen LogP contribution in [0.15, 0.2) is 30.3 Å². The molecule has 1 aromatic carbocycles. The lowest BCUT2D eigenvalue weighted by atomic mass is 10.2. The van der Waals surface area contributed by atoms with Gasteiger partial charge >= 0.3 is 6.09 Å². The zero-order chi connectivity index (χ0) is 18.5. The standard InChI is InChI=1S/C20H31N3O3/c24-19(21-13-16-23-14-6-1-2-7-15-23)11-8-12-22-20(25)26-17-18-9-4-3-5-10-18/h3-5,9-10H,1-2,6-8,11-17H2,(H,21,24)(H,22,25). The first-order valence-electron chi connectivity index (χ1n) is 9.67. The Morgan fingerprint density at radius 3 is 2.42 bits per heavy atom. The van der Waals surface area contributed by atoms with Crippen molar-refractivity contribution in [1.29, 1.82) is 0 Å². The molecule has 0 saturated carbocycles. The molecule has 0 atom stereocenters. The van der Waals surface area contributed by atoms with Gasteiger partial charge in [0.2, 0.25) is 5.91 Å². The maximum atomic E-state index is 11.8. The number of carbonyl (C=O) groups is 2. The molecule has 0 radical (unpaired) electrons. The summed E-state index contributed by atoms with van der Waals surface area (Å²) in [4.78, 5) is 25.9. The van der Waals surface area contributed by atoms with E-state index in [4.69, 9.17) is 4.74 Å². The van der Waals surface area contributed by atoms with Crippen molar-refractivity contribution >= 4 is 12.0 Å². The molecular formula is C20H31N3O3. The molecule has 0 unspecified atom stereocenters. The molecule has 1 aromatic rings. The topological polar surface area (TPSA) is 70.7 Å². The van der Waals surface area contributed by atoms with Crippen molar-refractivity contribution in [3.63, 3.8) is 0 Å². The van der Waals surface area contributed by atoms with Gasteiger partial charge in [-0.1, -0.05) is 43.2 Å². The minimum Gasteiger partial charge on any atom is -0.445 e. The summed E-state index contributed by atoms with van der Waals surface area (Å²) in [5.74, 6) is 0.0410. The first kappa shape index (κ1) is 20.2. The fraction of sp³-hybridized carbons (Fsp3) is 0.600. The lowest BCUT2D eigenvalue weighted by molar-refractivity contribution is -0.121. The van der Waals surface area contributed by atoms with Crippen LogP contribution in [0.2, 0.25) is 0 Å². The van der Waals surface area contributed by atoms with Gasteiger partial charge in [-0.2, -0.15) is 0 Å². The van der Waals surface area contributed by atoms with Crippen LogP contribution < -0.4 is 10.6 Å². The van der Waals surface area contributed by atoms with Crippen molar-refractivity contribution in [3.8, 4) is 0 Å². The average molecular weight is 361 g/mol. The van der Waals surface area contributed by atoms with Gasteiger partial charge in [0, 0.05) is 26.1 Å².